The van der Waals surface area contributed by atoms with E-state index in [-0.39, 0.29) is 11.9 Å². The summed E-state index contributed by atoms with van der Waals surface area (Å²) in [4.78, 5) is 14.0. The lowest BCUT2D eigenvalue weighted by molar-refractivity contribution is 0.0943. The summed E-state index contributed by atoms with van der Waals surface area (Å²) in [6.07, 6.45) is 1.08. The van der Waals surface area contributed by atoms with Gasteiger partial charge in [-0.15, -0.1) is 11.3 Å². The molecule has 0 bridgehead atoms. The van der Waals surface area contributed by atoms with Crippen molar-refractivity contribution in [1.29, 1.82) is 0 Å². The summed E-state index contributed by atoms with van der Waals surface area (Å²) >= 11 is 1.58. The van der Waals surface area contributed by atoms with Gasteiger partial charge in [-0.1, -0.05) is 50.2 Å². The van der Waals surface area contributed by atoms with E-state index < -0.39 is 10.0 Å². The van der Waals surface area contributed by atoms with Crippen molar-refractivity contribution < 1.29 is 13.2 Å². The van der Waals surface area contributed by atoms with E-state index in [1.807, 2.05) is 29.6 Å². The summed E-state index contributed by atoms with van der Waals surface area (Å²) in [5.74, 6) is 0.164. The predicted octanol–water partition coefficient (Wildman–Crippen LogP) is 4.76. The lowest BCUT2D eigenvalue weighted by Gasteiger charge is -2.19. The first-order valence-corrected chi connectivity index (χ1v) is 12.0. The molecule has 1 amide bonds. The van der Waals surface area contributed by atoms with Gasteiger partial charge in [0.1, 0.15) is 0 Å². The Labute approximate surface area is 175 Å². The van der Waals surface area contributed by atoms with Crippen molar-refractivity contribution in [2.24, 2.45) is 0 Å². The summed E-state index contributed by atoms with van der Waals surface area (Å²) < 4.78 is 25.3. The molecule has 1 aromatic heterocycles. The molecule has 0 aliphatic rings. The summed E-state index contributed by atoms with van der Waals surface area (Å²) in [6.45, 7) is 4.29. The average Bonchev–Trinajstić information content (AvgIpc) is 3.19. The van der Waals surface area contributed by atoms with Crippen LogP contribution >= 0.6 is 11.3 Å². The fourth-order valence-electron chi connectivity index (χ4n) is 3.00. The van der Waals surface area contributed by atoms with Crippen LogP contribution in [-0.2, 0) is 10.0 Å². The zero-order valence-corrected chi connectivity index (χ0v) is 18.2. The number of benzene rings is 2. The van der Waals surface area contributed by atoms with Crippen LogP contribution in [0.25, 0.3) is 0 Å². The van der Waals surface area contributed by atoms with Crippen LogP contribution in [0.2, 0.25) is 0 Å². The standard InChI is InChI=1S/C22H24N2O3S2/c1-15(2)16-9-11-17(12-10-16)21(20-8-5-13-28-20)23-22(25)18-6-4-7-19(14-18)24-29(3,26)27/h4-15,21,24H,1-3H3,(H,23,25). The highest BCUT2D eigenvalue weighted by atomic mass is 32.2. The molecule has 0 aliphatic carbocycles. The molecule has 5 nitrogen and oxygen atoms in total. The van der Waals surface area contributed by atoms with Gasteiger partial charge in [0.05, 0.1) is 12.3 Å². The Kier molecular flexibility index (Phi) is 6.39. The van der Waals surface area contributed by atoms with E-state index in [1.165, 1.54) is 11.6 Å². The highest BCUT2D eigenvalue weighted by molar-refractivity contribution is 7.92. The highest BCUT2D eigenvalue weighted by Crippen LogP contribution is 2.28. The number of thiophene rings is 1. The molecule has 0 radical (unpaired) electrons. The van der Waals surface area contributed by atoms with E-state index in [0.29, 0.717) is 17.2 Å². The normalized spacial score (nSPS) is 12.6. The zero-order valence-electron chi connectivity index (χ0n) is 16.5. The molecule has 3 aromatic rings. The van der Waals surface area contributed by atoms with Crippen LogP contribution in [0.15, 0.2) is 66.0 Å². The van der Waals surface area contributed by atoms with Gasteiger partial charge in [-0.3, -0.25) is 9.52 Å². The van der Waals surface area contributed by atoms with Crippen molar-refractivity contribution in [3.8, 4) is 0 Å². The molecule has 3 rings (SSSR count). The molecule has 2 aromatic carbocycles. The molecule has 0 saturated carbocycles. The zero-order chi connectivity index (χ0) is 21.0. The number of carbonyl (C=O) groups excluding carboxylic acids is 1. The van der Waals surface area contributed by atoms with Gasteiger partial charge < -0.3 is 5.32 Å². The number of nitrogens with one attached hydrogen (secondary N) is 2. The van der Waals surface area contributed by atoms with Gasteiger partial charge >= 0.3 is 0 Å². The number of anilines is 1. The summed E-state index contributed by atoms with van der Waals surface area (Å²) in [6, 6.07) is 18.4. The summed E-state index contributed by atoms with van der Waals surface area (Å²) in [7, 11) is -3.41. The third kappa shape index (κ3) is 5.68. The molecular formula is C22H24N2O3S2. The summed E-state index contributed by atoms with van der Waals surface area (Å²) in [5.41, 5.74) is 2.98. The van der Waals surface area contributed by atoms with E-state index in [9.17, 15) is 13.2 Å². The Hall–Kier alpha value is -2.64. The molecule has 152 valence electrons. The maximum atomic E-state index is 12.9. The topological polar surface area (TPSA) is 75.3 Å². The van der Waals surface area contributed by atoms with Crippen LogP contribution in [0.4, 0.5) is 5.69 Å². The second-order valence-electron chi connectivity index (χ2n) is 7.20. The van der Waals surface area contributed by atoms with Crippen LogP contribution in [0.3, 0.4) is 0 Å². The molecule has 29 heavy (non-hydrogen) atoms. The van der Waals surface area contributed by atoms with Gasteiger partial charge in [-0.25, -0.2) is 8.42 Å². The fraction of sp³-hybridized carbons (Fsp3) is 0.227. The number of rotatable bonds is 7. The largest absolute Gasteiger partial charge is 0.340 e. The first-order valence-electron chi connectivity index (χ1n) is 9.25. The molecule has 1 unspecified atom stereocenters. The Bertz CT molecular complexity index is 1070. The molecule has 0 spiro atoms. The van der Waals surface area contributed by atoms with Crippen molar-refractivity contribution in [3.05, 3.63) is 87.6 Å². The molecular weight excluding hydrogens is 404 g/mol. The van der Waals surface area contributed by atoms with Crippen molar-refractivity contribution in [2.45, 2.75) is 25.8 Å². The number of amides is 1. The molecule has 1 atom stereocenters. The maximum absolute atomic E-state index is 12.9. The molecule has 7 heteroatoms. The smallest absolute Gasteiger partial charge is 0.252 e. The van der Waals surface area contributed by atoms with Gasteiger partial charge in [-0.2, -0.15) is 0 Å². The van der Waals surface area contributed by atoms with Gasteiger partial charge in [-0.05, 0) is 46.7 Å². The number of hydrogen-bond donors (Lipinski definition) is 2. The number of sulfonamides is 1. The first-order chi connectivity index (χ1) is 13.7. The van der Waals surface area contributed by atoms with Crippen LogP contribution in [-0.4, -0.2) is 20.6 Å². The van der Waals surface area contributed by atoms with Crippen LogP contribution in [0, 0.1) is 0 Å². The van der Waals surface area contributed by atoms with E-state index in [0.717, 1.165) is 16.7 Å². The van der Waals surface area contributed by atoms with E-state index in [2.05, 4.69) is 36.0 Å². The minimum absolute atomic E-state index is 0.270. The maximum Gasteiger partial charge on any atom is 0.252 e. The molecule has 1 heterocycles. The summed E-state index contributed by atoms with van der Waals surface area (Å²) in [5, 5.41) is 5.06. The Morgan fingerprint density at radius 1 is 0.966 bits per heavy atom. The predicted molar refractivity (Wildman–Crippen MR) is 119 cm³/mol. The third-order valence-corrected chi connectivity index (χ3v) is 6.01. The monoisotopic (exact) mass is 428 g/mol. The minimum Gasteiger partial charge on any atom is -0.340 e. The highest BCUT2D eigenvalue weighted by Gasteiger charge is 2.19. The lowest BCUT2D eigenvalue weighted by Crippen LogP contribution is -2.29. The molecule has 2 N–H and O–H groups in total. The fourth-order valence-corrected chi connectivity index (χ4v) is 4.36. The Morgan fingerprint density at radius 3 is 2.24 bits per heavy atom. The number of carbonyl (C=O) groups is 1. The lowest BCUT2D eigenvalue weighted by atomic mass is 9.98. The quantitative estimate of drug-likeness (QED) is 0.570. The molecule has 0 saturated heterocycles. The first kappa shape index (κ1) is 21.1. The van der Waals surface area contributed by atoms with Gasteiger partial charge in [0.25, 0.3) is 5.91 Å². The van der Waals surface area contributed by atoms with Gasteiger partial charge in [0.15, 0.2) is 0 Å². The van der Waals surface area contributed by atoms with Crippen LogP contribution in [0.5, 0.6) is 0 Å². The van der Waals surface area contributed by atoms with E-state index >= 15 is 0 Å². The Morgan fingerprint density at radius 2 is 1.66 bits per heavy atom. The SMILES string of the molecule is CC(C)c1ccc(C(NC(=O)c2cccc(NS(C)(=O)=O)c2)c2cccs2)cc1. The molecule has 0 aliphatic heterocycles. The average molecular weight is 429 g/mol. The van der Waals surface area contributed by atoms with Crippen molar-refractivity contribution in [2.75, 3.05) is 11.0 Å². The minimum atomic E-state index is -3.41. The number of hydrogen-bond acceptors (Lipinski definition) is 4. The second kappa shape index (κ2) is 8.80. The second-order valence-corrected chi connectivity index (χ2v) is 9.93. The van der Waals surface area contributed by atoms with Crippen LogP contribution < -0.4 is 10.0 Å². The van der Waals surface area contributed by atoms with Gasteiger partial charge in [0.2, 0.25) is 10.0 Å². The van der Waals surface area contributed by atoms with Crippen molar-refractivity contribution in [1.82, 2.24) is 5.32 Å². The molecule has 0 fully saturated rings. The van der Waals surface area contributed by atoms with Crippen molar-refractivity contribution in [3.63, 3.8) is 0 Å². The van der Waals surface area contributed by atoms with Crippen LogP contribution in [0.1, 0.15) is 52.2 Å². The Balaban J connectivity index is 1.87. The van der Waals surface area contributed by atoms with Crippen molar-refractivity contribution >= 4 is 33.0 Å². The third-order valence-electron chi connectivity index (χ3n) is 4.47. The van der Waals surface area contributed by atoms with Gasteiger partial charge in [0, 0.05) is 16.1 Å². The van der Waals surface area contributed by atoms with E-state index in [1.54, 1.807) is 29.5 Å². The van der Waals surface area contributed by atoms with E-state index in [4.69, 9.17) is 0 Å².